The fraction of sp³-hybridized carbons (Fsp3) is 0. The van der Waals surface area contributed by atoms with Crippen LogP contribution >= 0.6 is 11.3 Å². The number of hydrogen-bond donors (Lipinski definition) is 0. The van der Waals surface area contributed by atoms with Gasteiger partial charge < -0.3 is 9.32 Å². The normalized spacial score (nSPS) is 11.7. The minimum Gasteiger partial charge on any atom is -0.456 e. The molecule has 0 aliphatic carbocycles. The lowest BCUT2D eigenvalue weighted by Gasteiger charge is -2.28. The third-order valence-electron chi connectivity index (χ3n) is 11.8. The Bertz CT molecular complexity index is 3560. The van der Waals surface area contributed by atoms with Crippen molar-refractivity contribution in [3.8, 4) is 33.4 Å². The van der Waals surface area contributed by atoms with Gasteiger partial charge in [-0.05, 0) is 110 Å². The number of fused-ring (bicyclic) bond motifs is 9. The van der Waals surface area contributed by atoms with Gasteiger partial charge in [-0.15, -0.1) is 11.3 Å². The van der Waals surface area contributed by atoms with Gasteiger partial charge in [-0.3, -0.25) is 0 Å². The first-order chi connectivity index (χ1) is 29.2. The van der Waals surface area contributed by atoms with E-state index in [-0.39, 0.29) is 0 Å². The van der Waals surface area contributed by atoms with Crippen molar-refractivity contribution in [2.75, 3.05) is 4.90 Å². The molecule has 12 aromatic rings. The van der Waals surface area contributed by atoms with Crippen LogP contribution in [0.1, 0.15) is 0 Å². The van der Waals surface area contributed by atoms with E-state index < -0.39 is 0 Å². The average molecular weight is 770 g/mol. The smallest absolute Gasteiger partial charge is 0.136 e. The molecule has 0 radical (unpaired) electrons. The Labute approximate surface area is 345 Å². The molecule has 276 valence electrons. The van der Waals surface area contributed by atoms with E-state index in [4.69, 9.17) is 4.42 Å². The Balaban J connectivity index is 0.967. The summed E-state index contributed by atoms with van der Waals surface area (Å²) in [5, 5.41) is 9.75. The number of anilines is 3. The van der Waals surface area contributed by atoms with Crippen LogP contribution < -0.4 is 4.90 Å². The molecule has 10 aromatic carbocycles. The van der Waals surface area contributed by atoms with E-state index in [1.54, 1.807) is 0 Å². The van der Waals surface area contributed by atoms with Gasteiger partial charge in [0.15, 0.2) is 0 Å². The first-order valence-corrected chi connectivity index (χ1v) is 20.9. The predicted octanol–water partition coefficient (Wildman–Crippen LogP) is 16.7. The molecule has 0 aliphatic heterocycles. The molecule has 0 amide bonds. The maximum absolute atomic E-state index is 6.24. The Kier molecular flexibility index (Phi) is 7.75. The predicted molar refractivity (Wildman–Crippen MR) is 253 cm³/mol. The number of para-hydroxylation sites is 2. The lowest BCUT2D eigenvalue weighted by atomic mass is 9.96. The van der Waals surface area contributed by atoms with Gasteiger partial charge in [0.25, 0.3) is 0 Å². The first kappa shape index (κ1) is 33.7. The van der Waals surface area contributed by atoms with E-state index in [0.717, 1.165) is 33.6 Å². The minimum atomic E-state index is 0.920. The monoisotopic (exact) mass is 769 g/mol. The van der Waals surface area contributed by atoms with Crippen LogP contribution in [0, 0.1) is 0 Å². The van der Waals surface area contributed by atoms with Gasteiger partial charge in [-0.1, -0.05) is 152 Å². The highest BCUT2D eigenvalue weighted by Gasteiger charge is 2.19. The Morgan fingerprint density at radius 2 is 0.983 bits per heavy atom. The topological polar surface area (TPSA) is 16.4 Å². The molecule has 0 saturated heterocycles. The number of thiophene rings is 1. The van der Waals surface area contributed by atoms with Gasteiger partial charge in [0, 0.05) is 47.9 Å². The summed E-state index contributed by atoms with van der Waals surface area (Å²) in [6.07, 6.45) is 0. The molecule has 2 heterocycles. The van der Waals surface area contributed by atoms with Crippen LogP contribution in [0.15, 0.2) is 217 Å². The van der Waals surface area contributed by atoms with Crippen LogP contribution in [0.5, 0.6) is 0 Å². The molecule has 0 aliphatic rings. The van der Waals surface area contributed by atoms with Crippen molar-refractivity contribution in [1.29, 1.82) is 0 Å². The fourth-order valence-electron chi connectivity index (χ4n) is 9.00. The van der Waals surface area contributed by atoms with Crippen molar-refractivity contribution in [2.24, 2.45) is 0 Å². The lowest BCUT2D eigenvalue weighted by molar-refractivity contribution is 0.669. The van der Waals surface area contributed by atoms with Crippen LogP contribution in [0.4, 0.5) is 17.1 Å². The van der Waals surface area contributed by atoms with Crippen LogP contribution in [0.25, 0.3) is 97.0 Å². The maximum atomic E-state index is 6.24. The van der Waals surface area contributed by atoms with Gasteiger partial charge in [0.05, 0.1) is 5.69 Å². The van der Waals surface area contributed by atoms with E-state index in [0.29, 0.717) is 0 Å². The van der Waals surface area contributed by atoms with Crippen LogP contribution in [-0.2, 0) is 0 Å². The zero-order chi connectivity index (χ0) is 38.9. The Morgan fingerprint density at radius 3 is 1.88 bits per heavy atom. The average Bonchev–Trinajstić information content (AvgIpc) is 3.89. The molecule has 0 saturated carbocycles. The van der Waals surface area contributed by atoms with E-state index >= 15 is 0 Å². The van der Waals surface area contributed by atoms with Crippen molar-refractivity contribution in [3.63, 3.8) is 0 Å². The molecule has 0 fully saturated rings. The van der Waals surface area contributed by atoms with Gasteiger partial charge in [-0.25, -0.2) is 0 Å². The second kappa shape index (κ2) is 13.6. The SMILES string of the molecule is c1ccc(-c2ccccc2N(c2ccc(-c3cccc4c3sc3ccccc34)cc2)c2ccc3cc(-c4ccc5ccc6oc7ccccc7c6c5c4)ccc3c2)cc1. The van der Waals surface area contributed by atoms with E-state index in [1.807, 2.05) is 23.5 Å². The van der Waals surface area contributed by atoms with Crippen molar-refractivity contribution in [3.05, 3.63) is 212 Å². The highest BCUT2D eigenvalue weighted by Crippen LogP contribution is 2.44. The summed E-state index contributed by atoms with van der Waals surface area (Å²) in [6.45, 7) is 0. The molecule has 0 unspecified atom stereocenters. The van der Waals surface area contributed by atoms with Crippen molar-refractivity contribution in [1.82, 2.24) is 0 Å². The fourth-order valence-corrected chi connectivity index (χ4v) is 10.2. The summed E-state index contributed by atoms with van der Waals surface area (Å²) in [6, 6.07) is 77.0. The molecule has 12 rings (SSSR count). The summed E-state index contributed by atoms with van der Waals surface area (Å²) < 4.78 is 8.89. The van der Waals surface area contributed by atoms with Gasteiger partial charge >= 0.3 is 0 Å². The zero-order valence-electron chi connectivity index (χ0n) is 32.0. The number of furan rings is 1. The molecular formula is C56H35NOS. The van der Waals surface area contributed by atoms with Crippen LogP contribution in [0.3, 0.4) is 0 Å². The second-order valence-electron chi connectivity index (χ2n) is 15.3. The third kappa shape index (κ3) is 5.62. The number of hydrogen-bond acceptors (Lipinski definition) is 3. The molecule has 0 N–H and O–H groups in total. The van der Waals surface area contributed by atoms with Crippen molar-refractivity contribution < 1.29 is 4.42 Å². The molecule has 0 bridgehead atoms. The second-order valence-corrected chi connectivity index (χ2v) is 16.3. The summed E-state index contributed by atoms with van der Waals surface area (Å²) in [4.78, 5) is 2.41. The highest BCUT2D eigenvalue weighted by atomic mass is 32.1. The summed E-state index contributed by atoms with van der Waals surface area (Å²) in [7, 11) is 0. The van der Waals surface area contributed by atoms with Crippen LogP contribution in [0.2, 0.25) is 0 Å². The summed E-state index contributed by atoms with van der Waals surface area (Å²) in [5.74, 6) is 0. The number of benzene rings is 10. The summed E-state index contributed by atoms with van der Waals surface area (Å²) in [5.41, 5.74) is 12.4. The molecule has 0 spiro atoms. The maximum Gasteiger partial charge on any atom is 0.136 e. The van der Waals surface area contributed by atoms with Gasteiger partial charge in [-0.2, -0.15) is 0 Å². The van der Waals surface area contributed by atoms with Gasteiger partial charge in [0.1, 0.15) is 11.2 Å². The third-order valence-corrected chi connectivity index (χ3v) is 13.1. The van der Waals surface area contributed by atoms with E-state index in [2.05, 4.69) is 205 Å². The zero-order valence-corrected chi connectivity index (χ0v) is 32.8. The molecule has 2 nitrogen and oxygen atoms in total. The van der Waals surface area contributed by atoms with Crippen molar-refractivity contribution >= 4 is 92.1 Å². The summed E-state index contributed by atoms with van der Waals surface area (Å²) >= 11 is 1.87. The standard InChI is InChI=1S/C56H35NOS/c1-2-11-36(12-3-1)45-13-4-7-18-51(45)57(43-29-25-37(26-30-43)46-16-10-17-48-47-14-6-9-20-54(47)59-56(46)48)44-31-27-40-33-39(23-24-41(40)34-44)42-22-21-38-28-32-53-55(50(38)35-42)49-15-5-8-19-52(49)58-53/h1-35H. The van der Waals surface area contributed by atoms with E-state index in [9.17, 15) is 0 Å². The Morgan fingerprint density at radius 1 is 0.356 bits per heavy atom. The molecule has 0 atom stereocenters. The molecule has 59 heavy (non-hydrogen) atoms. The highest BCUT2D eigenvalue weighted by molar-refractivity contribution is 7.26. The molecular weight excluding hydrogens is 735 g/mol. The lowest BCUT2D eigenvalue weighted by Crippen LogP contribution is -2.11. The Hall–Kier alpha value is -7.46. The van der Waals surface area contributed by atoms with Crippen LogP contribution in [-0.4, -0.2) is 0 Å². The number of rotatable bonds is 6. The quantitative estimate of drug-likeness (QED) is 0.167. The first-order valence-electron chi connectivity index (χ1n) is 20.1. The molecule has 2 aromatic heterocycles. The van der Waals surface area contributed by atoms with Crippen molar-refractivity contribution in [2.45, 2.75) is 0 Å². The largest absolute Gasteiger partial charge is 0.456 e. The minimum absolute atomic E-state index is 0.920. The van der Waals surface area contributed by atoms with E-state index in [1.165, 1.54) is 80.5 Å². The molecule has 3 heteroatoms. The van der Waals surface area contributed by atoms with Gasteiger partial charge in [0.2, 0.25) is 0 Å². The number of nitrogens with zero attached hydrogens (tertiary/aromatic N) is 1.